The van der Waals surface area contributed by atoms with E-state index in [1.54, 1.807) is 0 Å². The molecule has 1 aromatic carbocycles. The van der Waals surface area contributed by atoms with Gasteiger partial charge in [0.25, 0.3) is 6.43 Å². The summed E-state index contributed by atoms with van der Waals surface area (Å²) >= 11 is 4.73. The molecule has 118 valence electrons. The van der Waals surface area contributed by atoms with Crippen molar-refractivity contribution in [3.8, 4) is 0 Å². The summed E-state index contributed by atoms with van der Waals surface area (Å²) in [6.45, 7) is 1.82. The van der Waals surface area contributed by atoms with Crippen molar-refractivity contribution in [3.63, 3.8) is 0 Å². The van der Waals surface area contributed by atoms with Gasteiger partial charge < -0.3 is 9.64 Å². The molecule has 0 aromatic heterocycles. The van der Waals surface area contributed by atoms with E-state index in [9.17, 15) is 13.6 Å². The van der Waals surface area contributed by atoms with Crippen molar-refractivity contribution in [2.24, 2.45) is 0 Å². The Morgan fingerprint density at radius 1 is 1.48 bits per heavy atom. The van der Waals surface area contributed by atoms with Crippen LogP contribution in [0.4, 0.5) is 8.78 Å². The van der Waals surface area contributed by atoms with Crippen LogP contribution in [-0.4, -0.2) is 49.8 Å². The van der Waals surface area contributed by atoms with E-state index in [0.717, 1.165) is 19.8 Å². The first kappa shape index (κ1) is 18.4. The molecule has 0 saturated heterocycles. The lowest BCUT2D eigenvalue weighted by molar-refractivity contribution is -0.130. The number of alkyl halides is 2. The summed E-state index contributed by atoms with van der Waals surface area (Å²) in [7, 11) is 1.48. The first-order valence-electron chi connectivity index (χ1n) is 6.38. The number of thioether (sulfide) groups is 1. The summed E-state index contributed by atoms with van der Waals surface area (Å²) in [6.07, 6.45) is -2.54. The standard InChI is InChI=1S/C14H18BrF2NO2S/c1-10-7-11(15)3-4-12(10)21-9-14(19)18(5-6-20-2)8-13(16)17/h3-4,7,13H,5-6,8-9H2,1-2H3. The fourth-order valence-electron chi connectivity index (χ4n) is 1.69. The average Bonchev–Trinajstić information content (AvgIpc) is 2.41. The largest absolute Gasteiger partial charge is 0.383 e. The van der Waals surface area contributed by atoms with Gasteiger partial charge in [0, 0.05) is 23.0 Å². The zero-order valence-corrected chi connectivity index (χ0v) is 14.3. The van der Waals surface area contributed by atoms with Gasteiger partial charge in [0.05, 0.1) is 18.9 Å². The number of carbonyl (C=O) groups excluding carboxylic acids is 1. The molecule has 1 amide bonds. The predicted molar refractivity (Wildman–Crippen MR) is 84.1 cm³/mol. The second kappa shape index (κ2) is 9.38. The van der Waals surface area contributed by atoms with Crippen LogP contribution >= 0.6 is 27.7 Å². The maximum Gasteiger partial charge on any atom is 0.255 e. The van der Waals surface area contributed by atoms with Crippen LogP contribution in [0.5, 0.6) is 0 Å². The average molecular weight is 382 g/mol. The normalized spacial score (nSPS) is 11.0. The molecule has 1 rings (SSSR count). The van der Waals surface area contributed by atoms with Gasteiger partial charge in [0.1, 0.15) is 0 Å². The van der Waals surface area contributed by atoms with E-state index in [2.05, 4.69) is 15.9 Å². The lowest BCUT2D eigenvalue weighted by atomic mass is 10.2. The van der Waals surface area contributed by atoms with Crippen LogP contribution in [0.25, 0.3) is 0 Å². The predicted octanol–water partition coefficient (Wildman–Crippen LogP) is 3.59. The first-order valence-corrected chi connectivity index (χ1v) is 8.15. The molecule has 0 spiro atoms. The molecule has 0 aliphatic rings. The topological polar surface area (TPSA) is 29.5 Å². The minimum Gasteiger partial charge on any atom is -0.383 e. The van der Waals surface area contributed by atoms with Crippen molar-refractivity contribution in [3.05, 3.63) is 28.2 Å². The Morgan fingerprint density at radius 2 is 2.19 bits per heavy atom. The molecule has 0 saturated carbocycles. The molecule has 0 aliphatic carbocycles. The number of methoxy groups -OCH3 is 1. The highest BCUT2D eigenvalue weighted by Crippen LogP contribution is 2.25. The second-order valence-electron chi connectivity index (χ2n) is 4.42. The van der Waals surface area contributed by atoms with E-state index in [4.69, 9.17) is 4.74 Å². The number of amides is 1. The van der Waals surface area contributed by atoms with Gasteiger partial charge >= 0.3 is 0 Å². The van der Waals surface area contributed by atoms with Gasteiger partial charge in [-0.25, -0.2) is 8.78 Å². The maximum atomic E-state index is 12.5. The van der Waals surface area contributed by atoms with Gasteiger partial charge in [0.2, 0.25) is 5.91 Å². The fraction of sp³-hybridized carbons (Fsp3) is 0.500. The maximum absolute atomic E-state index is 12.5. The van der Waals surface area contributed by atoms with Gasteiger partial charge in [-0.2, -0.15) is 0 Å². The molecule has 0 fully saturated rings. The third-order valence-electron chi connectivity index (χ3n) is 2.76. The summed E-state index contributed by atoms with van der Waals surface area (Å²) in [5.74, 6) is -0.168. The lowest BCUT2D eigenvalue weighted by Gasteiger charge is -2.22. The Hall–Kier alpha value is -0.660. The zero-order chi connectivity index (χ0) is 15.8. The van der Waals surface area contributed by atoms with Crippen molar-refractivity contribution in [1.82, 2.24) is 4.90 Å². The highest BCUT2D eigenvalue weighted by atomic mass is 79.9. The van der Waals surface area contributed by atoms with Crippen molar-refractivity contribution in [2.75, 3.05) is 32.6 Å². The molecule has 0 radical (unpaired) electrons. The Kier molecular flexibility index (Phi) is 8.21. The third-order valence-corrected chi connectivity index (χ3v) is 4.42. The Balaban J connectivity index is 2.59. The van der Waals surface area contributed by atoms with E-state index in [1.165, 1.54) is 18.9 Å². The molecule has 21 heavy (non-hydrogen) atoms. The van der Waals surface area contributed by atoms with Gasteiger partial charge in [-0.05, 0) is 30.7 Å². The SMILES string of the molecule is COCCN(CC(F)F)C(=O)CSc1ccc(Br)cc1C. The van der Waals surface area contributed by atoms with Crippen LogP contribution in [0.1, 0.15) is 5.56 Å². The van der Waals surface area contributed by atoms with Crippen molar-refractivity contribution >= 4 is 33.6 Å². The third kappa shape index (κ3) is 6.76. The van der Waals surface area contributed by atoms with E-state index in [0.29, 0.717) is 0 Å². The highest BCUT2D eigenvalue weighted by Gasteiger charge is 2.18. The zero-order valence-electron chi connectivity index (χ0n) is 11.9. The monoisotopic (exact) mass is 381 g/mol. The molecular weight excluding hydrogens is 364 g/mol. The molecule has 0 aliphatic heterocycles. The minimum atomic E-state index is -2.54. The summed E-state index contributed by atoms with van der Waals surface area (Å²) in [5.41, 5.74) is 1.04. The Labute approximate surface area is 136 Å². The van der Waals surface area contributed by atoms with E-state index in [-0.39, 0.29) is 24.8 Å². The van der Waals surface area contributed by atoms with Crippen molar-refractivity contribution in [1.29, 1.82) is 0 Å². The molecular formula is C14H18BrF2NO2S. The van der Waals surface area contributed by atoms with E-state index >= 15 is 0 Å². The summed E-state index contributed by atoms with van der Waals surface area (Å²) in [4.78, 5) is 14.2. The van der Waals surface area contributed by atoms with Gasteiger partial charge in [-0.3, -0.25) is 4.79 Å². The summed E-state index contributed by atoms with van der Waals surface area (Å²) < 4.78 is 30.8. The quantitative estimate of drug-likeness (QED) is 0.644. The number of ether oxygens (including phenoxy) is 1. The summed E-state index contributed by atoms with van der Waals surface area (Å²) in [5, 5.41) is 0. The molecule has 1 aromatic rings. The number of halogens is 3. The highest BCUT2D eigenvalue weighted by molar-refractivity contribution is 9.10. The Morgan fingerprint density at radius 3 is 2.76 bits per heavy atom. The van der Waals surface area contributed by atoms with E-state index < -0.39 is 13.0 Å². The smallest absolute Gasteiger partial charge is 0.255 e. The lowest BCUT2D eigenvalue weighted by Crippen LogP contribution is -2.38. The van der Waals surface area contributed by atoms with Crippen LogP contribution in [-0.2, 0) is 9.53 Å². The van der Waals surface area contributed by atoms with Gasteiger partial charge in [-0.1, -0.05) is 15.9 Å². The molecule has 0 N–H and O–H groups in total. The number of nitrogens with zero attached hydrogens (tertiary/aromatic N) is 1. The number of carbonyl (C=O) groups is 1. The molecule has 3 nitrogen and oxygen atoms in total. The second-order valence-corrected chi connectivity index (χ2v) is 6.35. The van der Waals surface area contributed by atoms with Crippen LogP contribution in [0.2, 0.25) is 0 Å². The Bertz CT molecular complexity index is 474. The molecule has 0 atom stereocenters. The molecule has 0 bridgehead atoms. The van der Waals surface area contributed by atoms with Gasteiger partial charge in [-0.15, -0.1) is 11.8 Å². The molecule has 7 heteroatoms. The number of aryl methyl sites for hydroxylation is 1. The number of rotatable bonds is 8. The minimum absolute atomic E-state index is 0.138. The number of hydrogen-bond acceptors (Lipinski definition) is 3. The fourth-order valence-corrected chi connectivity index (χ4v) is 3.08. The van der Waals surface area contributed by atoms with Crippen LogP contribution in [0, 0.1) is 6.92 Å². The van der Waals surface area contributed by atoms with Crippen molar-refractivity contribution < 1.29 is 18.3 Å². The first-order chi connectivity index (χ1) is 9.93. The summed E-state index contributed by atoms with van der Waals surface area (Å²) in [6, 6.07) is 5.75. The van der Waals surface area contributed by atoms with Crippen LogP contribution in [0.15, 0.2) is 27.6 Å². The van der Waals surface area contributed by atoms with Crippen molar-refractivity contribution in [2.45, 2.75) is 18.2 Å². The molecule has 0 unspecified atom stereocenters. The number of benzene rings is 1. The molecule has 0 heterocycles. The number of hydrogen-bond donors (Lipinski definition) is 0. The van der Waals surface area contributed by atoms with Crippen LogP contribution in [0.3, 0.4) is 0 Å². The van der Waals surface area contributed by atoms with Gasteiger partial charge in [0.15, 0.2) is 0 Å². The van der Waals surface area contributed by atoms with E-state index in [1.807, 2.05) is 25.1 Å². The van der Waals surface area contributed by atoms with Crippen LogP contribution < -0.4 is 0 Å².